The molecular formula is C13H19ClN2OS. The van der Waals surface area contributed by atoms with E-state index in [-0.39, 0.29) is 12.1 Å². The summed E-state index contributed by atoms with van der Waals surface area (Å²) in [6.07, 6.45) is 2.21. The average molecular weight is 287 g/mol. The maximum absolute atomic E-state index is 12.1. The maximum Gasteiger partial charge on any atom is 0.317 e. The first kappa shape index (κ1) is 13.7. The van der Waals surface area contributed by atoms with E-state index in [1.54, 1.807) is 0 Å². The second-order valence-electron chi connectivity index (χ2n) is 4.98. The summed E-state index contributed by atoms with van der Waals surface area (Å²) in [6.45, 7) is 5.97. The molecule has 1 fully saturated rings. The largest absolute Gasteiger partial charge is 0.331 e. The van der Waals surface area contributed by atoms with E-state index in [0.717, 1.165) is 41.1 Å². The van der Waals surface area contributed by atoms with E-state index in [2.05, 4.69) is 12.2 Å². The van der Waals surface area contributed by atoms with Crippen LogP contribution in [0.3, 0.4) is 0 Å². The van der Waals surface area contributed by atoms with E-state index in [0.29, 0.717) is 0 Å². The van der Waals surface area contributed by atoms with Crippen LogP contribution in [0.2, 0.25) is 4.34 Å². The van der Waals surface area contributed by atoms with Crippen molar-refractivity contribution in [3.05, 3.63) is 21.3 Å². The number of rotatable bonds is 2. The molecule has 0 bridgehead atoms. The fourth-order valence-corrected chi connectivity index (χ4v) is 3.18. The standard InChI is InChI=1S/C13H19ClN2OS/c1-9-5-7-16(8-6-9)13(17)15-10(2)11-3-4-12(14)18-11/h3-4,9-10H,5-8H2,1-2H3,(H,15,17). The molecule has 2 amide bonds. The molecule has 1 atom stereocenters. The summed E-state index contributed by atoms with van der Waals surface area (Å²) in [5.74, 6) is 0.738. The van der Waals surface area contributed by atoms with Crippen LogP contribution in [0.4, 0.5) is 4.79 Å². The average Bonchev–Trinajstić information content (AvgIpc) is 2.76. The number of piperidine rings is 1. The Kier molecular flexibility index (Phi) is 4.51. The number of nitrogens with zero attached hydrogens (tertiary/aromatic N) is 1. The molecule has 1 aromatic rings. The van der Waals surface area contributed by atoms with Gasteiger partial charge in [-0.25, -0.2) is 4.79 Å². The van der Waals surface area contributed by atoms with E-state index in [4.69, 9.17) is 11.6 Å². The van der Waals surface area contributed by atoms with E-state index >= 15 is 0 Å². The fourth-order valence-electron chi connectivity index (χ4n) is 2.12. The van der Waals surface area contributed by atoms with Gasteiger partial charge in [0.1, 0.15) is 0 Å². The minimum atomic E-state index is 0.0225. The fraction of sp³-hybridized carbons (Fsp3) is 0.615. The molecule has 1 saturated heterocycles. The molecule has 2 heterocycles. The number of halogens is 1. The van der Waals surface area contributed by atoms with Crippen LogP contribution in [0.1, 0.15) is 37.6 Å². The van der Waals surface area contributed by atoms with Crippen LogP contribution in [-0.4, -0.2) is 24.0 Å². The van der Waals surface area contributed by atoms with Gasteiger partial charge in [-0.1, -0.05) is 18.5 Å². The summed E-state index contributed by atoms with van der Waals surface area (Å²) in [6, 6.07) is 3.90. The third-order valence-corrected chi connectivity index (χ3v) is 4.85. The Morgan fingerprint density at radius 3 is 2.72 bits per heavy atom. The highest BCUT2D eigenvalue weighted by Crippen LogP contribution is 2.27. The minimum Gasteiger partial charge on any atom is -0.331 e. The third kappa shape index (κ3) is 3.39. The monoisotopic (exact) mass is 286 g/mol. The molecular weight excluding hydrogens is 268 g/mol. The Balaban J connectivity index is 1.87. The first-order valence-corrected chi connectivity index (χ1v) is 7.56. The zero-order valence-corrected chi connectivity index (χ0v) is 12.4. The maximum atomic E-state index is 12.1. The van der Waals surface area contributed by atoms with Crippen molar-refractivity contribution in [2.75, 3.05) is 13.1 Å². The Morgan fingerprint density at radius 1 is 1.50 bits per heavy atom. The van der Waals surface area contributed by atoms with Crippen molar-refractivity contribution in [3.63, 3.8) is 0 Å². The number of thiophene rings is 1. The van der Waals surface area contributed by atoms with Gasteiger partial charge in [0.2, 0.25) is 0 Å². The first-order chi connectivity index (χ1) is 8.56. The lowest BCUT2D eigenvalue weighted by Crippen LogP contribution is -2.44. The van der Waals surface area contributed by atoms with E-state index in [1.165, 1.54) is 11.3 Å². The molecule has 0 saturated carbocycles. The quantitative estimate of drug-likeness (QED) is 0.878. The van der Waals surface area contributed by atoms with Crippen LogP contribution in [0.15, 0.2) is 12.1 Å². The third-order valence-electron chi connectivity index (χ3n) is 3.43. The molecule has 1 aliphatic heterocycles. The molecule has 1 aromatic heterocycles. The SMILES string of the molecule is CC1CCN(C(=O)NC(C)c2ccc(Cl)s2)CC1. The van der Waals surface area contributed by atoms with Gasteiger partial charge in [0.05, 0.1) is 10.4 Å². The van der Waals surface area contributed by atoms with Crippen LogP contribution < -0.4 is 5.32 Å². The van der Waals surface area contributed by atoms with Gasteiger partial charge >= 0.3 is 6.03 Å². The molecule has 0 radical (unpaired) electrons. The number of hydrogen-bond acceptors (Lipinski definition) is 2. The van der Waals surface area contributed by atoms with Gasteiger partial charge in [-0.2, -0.15) is 0 Å². The van der Waals surface area contributed by atoms with Gasteiger partial charge in [0.15, 0.2) is 0 Å². The molecule has 1 aliphatic rings. The van der Waals surface area contributed by atoms with Crippen molar-refractivity contribution in [1.82, 2.24) is 10.2 Å². The number of carbonyl (C=O) groups is 1. The van der Waals surface area contributed by atoms with Gasteiger partial charge < -0.3 is 10.2 Å². The van der Waals surface area contributed by atoms with Gasteiger partial charge in [-0.05, 0) is 37.8 Å². The highest BCUT2D eigenvalue weighted by atomic mass is 35.5. The molecule has 2 rings (SSSR count). The predicted molar refractivity (Wildman–Crippen MR) is 76.2 cm³/mol. The molecule has 3 nitrogen and oxygen atoms in total. The van der Waals surface area contributed by atoms with Gasteiger partial charge in [-0.3, -0.25) is 0 Å². The van der Waals surface area contributed by atoms with Crippen molar-refractivity contribution in [3.8, 4) is 0 Å². The van der Waals surface area contributed by atoms with Crippen molar-refractivity contribution in [2.24, 2.45) is 5.92 Å². The van der Waals surface area contributed by atoms with Crippen molar-refractivity contribution < 1.29 is 4.79 Å². The molecule has 1 unspecified atom stereocenters. The lowest BCUT2D eigenvalue weighted by atomic mass is 10.00. The Morgan fingerprint density at radius 2 is 2.17 bits per heavy atom. The smallest absolute Gasteiger partial charge is 0.317 e. The lowest BCUT2D eigenvalue weighted by Gasteiger charge is -2.31. The molecule has 0 aliphatic carbocycles. The molecule has 100 valence electrons. The summed E-state index contributed by atoms with van der Waals surface area (Å²) < 4.78 is 0.762. The molecule has 1 N–H and O–H groups in total. The van der Waals surface area contributed by atoms with Gasteiger partial charge in [0.25, 0.3) is 0 Å². The summed E-state index contributed by atoms with van der Waals surface area (Å²) in [4.78, 5) is 15.1. The normalized spacial score (nSPS) is 18.7. The lowest BCUT2D eigenvalue weighted by molar-refractivity contribution is 0.171. The van der Waals surface area contributed by atoms with Gasteiger partial charge in [-0.15, -0.1) is 11.3 Å². The zero-order chi connectivity index (χ0) is 13.1. The first-order valence-electron chi connectivity index (χ1n) is 6.37. The summed E-state index contributed by atoms with van der Waals surface area (Å²) in [5, 5.41) is 3.03. The highest BCUT2D eigenvalue weighted by Gasteiger charge is 2.21. The molecule has 5 heteroatoms. The second-order valence-corrected chi connectivity index (χ2v) is 6.73. The number of hydrogen-bond donors (Lipinski definition) is 1. The number of nitrogens with one attached hydrogen (secondary N) is 1. The molecule has 0 spiro atoms. The second kappa shape index (κ2) is 5.93. The Bertz CT molecular complexity index is 413. The Labute approximate surface area is 117 Å². The molecule has 0 aromatic carbocycles. The van der Waals surface area contributed by atoms with E-state index < -0.39 is 0 Å². The number of likely N-dealkylation sites (tertiary alicyclic amines) is 1. The van der Waals surface area contributed by atoms with Crippen LogP contribution in [0.25, 0.3) is 0 Å². The minimum absolute atomic E-state index is 0.0225. The van der Waals surface area contributed by atoms with E-state index in [1.807, 2.05) is 24.0 Å². The van der Waals surface area contributed by atoms with Crippen LogP contribution in [0.5, 0.6) is 0 Å². The topological polar surface area (TPSA) is 32.3 Å². The number of amides is 2. The zero-order valence-electron chi connectivity index (χ0n) is 10.8. The van der Waals surface area contributed by atoms with Crippen LogP contribution in [0, 0.1) is 5.92 Å². The van der Waals surface area contributed by atoms with Crippen LogP contribution in [-0.2, 0) is 0 Å². The van der Waals surface area contributed by atoms with Crippen molar-refractivity contribution in [1.29, 1.82) is 0 Å². The van der Waals surface area contributed by atoms with Gasteiger partial charge in [0, 0.05) is 18.0 Å². The predicted octanol–water partition coefficient (Wildman–Crippen LogP) is 3.90. The van der Waals surface area contributed by atoms with E-state index in [9.17, 15) is 4.79 Å². The van der Waals surface area contributed by atoms with Crippen molar-refractivity contribution in [2.45, 2.75) is 32.7 Å². The summed E-state index contributed by atoms with van der Waals surface area (Å²) in [7, 11) is 0. The van der Waals surface area contributed by atoms with Crippen LogP contribution >= 0.6 is 22.9 Å². The summed E-state index contributed by atoms with van der Waals surface area (Å²) >= 11 is 7.42. The highest BCUT2D eigenvalue weighted by molar-refractivity contribution is 7.16. The Hall–Kier alpha value is -0.740. The number of urea groups is 1. The summed E-state index contributed by atoms with van der Waals surface area (Å²) in [5.41, 5.74) is 0. The van der Waals surface area contributed by atoms with Crippen molar-refractivity contribution >= 4 is 29.0 Å². The number of carbonyl (C=O) groups excluding carboxylic acids is 1. The molecule has 18 heavy (non-hydrogen) atoms.